The maximum Gasteiger partial charge on any atom is 0.0740 e. The zero-order valence-corrected chi connectivity index (χ0v) is 11.0. The fourth-order valence-corrected chi connectivity index (χ4v) is 2.77. The van der Waals surface area contributed by atoms with Crippen molar-refractivity contribution < 1.29 is 0 Å². The van der Waals surface area contributed by atoms with Crippen molar-refractivity contribution in [1.29, 1.82) is 0 Å². The normalized spacial score (nSPS) is 12.6. The number of aryl methyl sites for hydroxylation is 1. The highest BCUT2D eigenvalue weighted by Gasteiger charge is 2.17. The molecular formula is C12H14ClN3S. The third-order valence-corrected chi connectivity index (χ3v) is 3.83. The number of hydrogen-bond donors (Lipinski definition) is 3. The molecule has 0 bridgehead atoms. The van der Waals surface area contributed by atoms with Gasteiger partial charge in [0, 0.05) is 15.6 Å². The van der Waals surface area contributed by atoms with Crippen molar-refractivity contribution in [2.45, 2.75) is 13.0 Å². The van der Waals surface area contributed by atoms with Gasteiger partial charge in [0.1, 0.15) is 0 Å². The van der Waals surface area contributed by atoms with Crippen LogP contribution >= 0.6 is 22.9 Å². The van der Waals surface area contributed by atoms with Crippen LogP contribution in [0.4, 0.5) is 5.69 Å². The molecule has 5 N–H and O–H groups in total. The first-order chi connectivity index (χ1) is 8.13. The van der Waals surface area contributed by atoms with Crippen molar-refractivity contribution >= 4 is 28.6 Å². The number of nitrogen functional groups attached to an aromatic ring is 1. The second kappa shape index (κ2) is 5.06. The molecule has 1 aromatic heterocycles. The quantitative estimate of drug-likeness (QED) is 0.455. The second-order valence-corrected chi connectivity index (χ2v) is 5.36. The van der Waals surface area contributed by atoms with Crippen LogP contribution in [0.5, 0.6) is 0 Å². The molecule has 5 heteroatoms. The van der Waals surface area contributed by atoms with Gasteiger partial charge in [-0.25, -0.2) is 5.43 Å². The van der Waals surface area contributed by atoms with Crippen molar-refractivity contribution in [1.82, 2.24) is 5.43 Å². The van der Waals surface area contributed by atoms with E-state index in [1.165, 1.54) is 4.88 Å². The van der Waals surface area contributed by atoms with Gasteiger partial charge in [0.15, 0.2) is 0 Å². The van der Waals surface area contributed by atoms with E-state index < -0.39 is 0 Å². The number of halogens is 1. The van der Waals surface area contributed by atoms with Gasteiger partial charge in [0.05, 0.1) is 6.04 Å². The highest BCUT2D eigenvalue weighted by molar-refractivity contribution is 7.10. The third-order valence-electron chi connectivity index (χ3n) is 2.74. The number of nitrogens with two attached hydrogens (primary N) is 2. The molecule has 17 heavy (non-hydrogen) atoms. The maximum absolute atomic E-state index is 5.98. The van der Waals surface area contributed by atoms with Gasteiger partial charge in [-0.1, -0.05) is 17.7 Å². The first kappa shape index (κ1) is 12.4. The Kier molecular flexibility index (Phi) is 3.69. The SMILES string of the molecule is Cc1sccc1C(NN)c1ccc(Cl)cc1N. The minimum Gasteiger partial charge on any atom is -0.398 e. The Bertz CT molecular complexity index is 524. The lowest BCUT2D eigenvalue weighted by molar-refractivity contribution is 0.638. The summed E-state index contributed by atoms with van der Waals surface area (Å²) >= 11 is 7.58. The van der Waals surface area contributed by atoms with Crippen LogP contribution in [0.15, 0.2) is 29.6 Å². The Morgan fingerprint density at radius 1 is 1.29 bits per heavy atom. The van der Waals surface area contributed by atoms with Gasteiger partial charge in [-0.2, -0.15) is 0 Å². The maximum atomic E-state index is 5.98. The number of rotatable bonds is 3. The molecular weight excluding hydrogens is 254 g/mol. The molecule has 0 fully saturated rings. The molecule has 0 aliphatic carbocycles. The van der Waals surface area contributed by atoms with Gasteiger partial charge in [0.2, 0.25) is 0 Å². The largest absolute Gasteiger partial charge is 0.398 e. The zero-order chi connectivity index (χ0) is 12.4. The summed E-state index contributed by atoms with van der Waals surface area (Å²) in [4.78, 5) is 1.22. The average Bonchev–Trinajstić information content (AvgIpc) is 2.69. The van der Waals surface area contributed by atoms with Gasteiger partial charge in [-0.15, -0.1) is 11.3 Å². The van der Waals surface area contributed by atoms with Crippen LogP contribution in [-0.2, 0) is 0 Å². The smallest absolute Gasteiger partial charge is 0.0740 e. The van der Waals surface area contributed by atoms with E-state index in [-0.39, 0.29) is 6.04 Å². The van der Waals surface area contributed by atoms with Gasteiger partial charge in [0.25, 0.3) is 0 Å². The molecule has 90 valence electrons. The van der Waals surface area contributed by atoms with E-state index in [2.05, 4.69) is 18.4 Å². The third kappa shape index (κ3) is 2.45. The van der Waals surface area contributed by atoms with Crippen LogP contribution in [-0.4, -0.2) is 0 Å². The first-order valence-corrected chi connectivity index (χ1v) is 6.44. The number of hydrazine groups is 1. The lowest BCUT2D eigenvalue weighted by atomic mass is 9.98. The first-order valence-electron chi connectivity index (χ1n) is 5.18. The Balaban J connectivity index is 2.46. The van der Waals surface area contributed by atoms with E-state index in [9.17, 15) is 0 Å². The molecule has 0 aliphatic heterocycles. The van der Waals surface area contributed by atoms with Crippen molar-refractivity contribution in [2.24, 2.45) is 5.84 Å². The van der Waals surface area contributed by atoms with Crippen molar-refractivity contribution in [3.63, 3.8) is 0 Å². The topological polar surface area (TPSA) is 64.1 Å². The predicted octanol–water partition coefficient (Wildman–Crippen LogP) is 2.84. The Hall–Kier alpha value is -1.07. The summed E-state index contributed by atoms with van der Waals surface area (Å²) in [5, 5.41) is 2.67. The molecule has 1 heterocycles. The predicted molar refractivity (Wildman–Crippen MR) is 74.1 cm³/mol. The van der Waals surface area contributed by atoms with Crippen LogP contribution in [0, 0.1) is 6.92 Å². The molecule has 0 radical (unpaired) electrons. The highest BCUT2D eigenvalue weighted by atomic mass is 35.5. The Morgan fingerprint density at radius 2 is 2.06 bits per heavy atom. The van der Waals surface area contributed by atoms with E-state index in [4.69, 9.17) is 23.2 Å². The van der Waals surface area contributed by atoms with Gasteiger partial charge < -0.3 is 5.73 Å². The summed E-state index contributed by atoms with van der Waals surface area (Å²) in [6.07, 6.45) is 0. The van der Waals surface area contributed by atoms with Crippen LogP contribution < -0.4 is 17.0 Å². The molecule has 3 nitrogen and oxygen atoms in total. The number of hydrogen-bond acceptors (Lipinski definition) is 4. The van der Waals surface area contributed by atoms with E-state index in [0.29, 0.717) is 10.7 Å². The zero-order valence-electron chi connectivity index (χ0n) is 9.41. The summed E-state index contributed by atoms with van der Waals surface area (Å²) in [5.74, 6) is 5.64. The lowest BCUT2D eigenvalue weighted by Gasteiger charge is -2.18. The molecule has 0 spiro atoms. The molecule has 1 aromatic carbocycles. The van der Waals surface area contributed by atoms with Gasteiger partial charge in [-0.05, 0) is 41.6 Å². The summed E-state index contributed by atoms with van der Waals surface area (Å²) in [6.45, 7) is 2.07. The number of thiophene rings is 1. The van der Waals surface area contributed by atoms with E-state index in [0.717, 1.165) is 11.1 Å². The molecule has 0 saturated heterocycles. The monoisotopic (exact) mass is 267 g/mol. The fourth-order valence-electron chi connectivity index (χ4n) is 1.85. The van der Waals surface area contributed by atoms with Crippen LogP contribution in [0.3, 0.4) is 0 Å². The molecule has 0 amide bonds. The van der Waals surface area contributed by atoms with Crippen molar-refractivity contribution in [3.05, 3.63) is 50.7 Å². The molecule has 2 rings (SSSR count). The molecule has 0 saturated carbocycles. The second-order valence-electron chi connectivity index (χ2n) is 3.81. The summed E-state index contributed by atoms with van der Waals surface area (Å²) < 4.78 is 0. The molecule has 1 unspecified atom stereocenters. The van der Waals surface area contributed by atoms with E-state index >= 15 is 0 Å². The van der Waals surface area contributed by atoms with E-state index in [1.54, 1.807) is 17.4 Å². The van der Waals surface area contributed by atoms with E-state index in [1.807, 2.05) is 17.5 Å². The van der Waals surface area contributed by atoms with Crippen molar-refractivity contribution in [3.8, 4) is 0 Å². The Labute approximate surface area is 109 Å². The van der Waals surface area contributed by atoms with Crippen LogP contribution in [0.2, 0.25) is 5.02 Å². The summed E-state index contributed by atoms with van der Waals surface area (Å²) in [7, 11) is 0. The van der Waals surface area contributed by atoms with Gasteiger partial charge in [-0.3, -0.25) is 5.84 Å². The number of benzene rings is 1. The lowest BCUT2D eigenvalue weighted by Crippen LogP contribution is -2.29. The highest BCUT2D eigenvalue weighted by Crippen LogP contribution is 2.31. The Morgan fingerprint density at radius 3 is 2.59 bits per heavy atom. The standard InChI is InChI=1S/C12H14ClN3S/c1-7-9(4-5-17-7)12(16-15)10-3-2-8(13)6-11(10)14/h2-6,12,16H,14-15H2,1H3. The summed E-state index contributed by atoms with van der Waals surface area (Å²) in [5.41, 5.74) is 11.5. The van der Waals surface area contributed by atoms with Crippen LogP contribution in [0.1, 0.15) is 22.0 Å². The molecule has 2 aromatic rings. The molecule has 0 aliphatic rings. The van der Waals surface area contributed by atoms with Gasteiger partial charge >= 0.3 is 0 Å². The number of nitrogens with one attached hydrogen (secondary N) is 1. The minimum absolute atomic E-state index is 0.0986. The minimum atomic E-state index is -0.0986. The number of anilines is 1. The molecule has 1 atom stereocenters. The average molecular weight is 268 g/mol. The van der Waals surface area contributed by atoms with Crippen molar-refractivity contribution in [2.75, 3.05) is 5.73 Å². The van der Waals surface area contributed by atoms with Crippen LogP contribution in [0.25, 0.3) is 0 Å². The fraction of sp³-hybridized carbons (Fsp3) is 0.167. The summed E-state index contributed by atoms with van der Waals surface area (Å²) in [6, 6.07) is 7.42.